The molecule has 0 spiro atoms. The van der Waals surface area contributed by atoms with Crippen LogP contribution in [0.5, 0.6) is 0 Å². The fourth-order valence-corrected chi connectivity index (χ4v) is 4.81. The summed E-state index contributed by atoms with van der Waals surface area (Å²) in [6, 6.07) is 4.68. The van der Waals surface area contributed by atoms with Crippen molar-refractivity contribution in [2.75, 3.05) is 49.3 Å². The molecule has 0 saturated carbocycles. The highest BCUT2D eigenvalue weighted by atomic mass is 32.1. The highest BCUT2D eigenvalue weighted by molar-refractivity contribution is 7.21. The van der Waals surface area contributed by atoms with E-state index in [4.69, 9.17) is 19.4 Å². The Labute approximate surface area is 167 Å². The van der Waals surface area contributed by atoms with E-state index in [0.29, 0.717) is 19.3 Å². The summed E-state index contributed by atoms with van der Waals surface area (Å²) in [6.45, 7) is 8.92. The first-order valence-corrected chi connectivity index (χ1v) is 10.5. The van der Waals surface area contributed by atoms with E-state index in [9.17, 15) is 0 Å². The maximum Gasteiger partial charge on any atom is 0.158 e. The number of H-pyrrole nitrogens is 1. The molecule has 2 atom stereocenters. The Morgan fingerprint density at radius 1 is 1.07 bits per heavy atom. The van der Waals surface area contributed by atoms with Gasteiger partial charge in [-0.15, -0.1) is 11.3 Å². The maximum absolute atomic E-state index is 5.65. The molecule has 8 nitrogen and oxygen atoms in total. The predicted molar refractivity (Wildman–Crippen MR) is 110 cm³/mol. The van der Waals surface area contributed by atoms with Crippen molar-refractivity contribution in [3.05, 3.63) is 18.3 Å². The topological polar surface area (TPSA) is 79.4 Å². The first kappa shape index (κ1) is 17.8. The van der Waals surface area contributed by atoms with Crippen molar-refractivity contribution in [3.8, 4) is 10.7 Å². The van der Waals surface area contributed by atoms with Crippen molar-refractivity contribution in [1.82, 2.24) is 20.2 Å². The number of nitrogens with one attached hydrogen (secondary N) is 1. The molecule has 2 fully saturated rings. The summed E-state index contributed by atoms with van der Waals surface area (Å²) in [4.78, 5) is 14.7. The Bertz CT molecular complexity index is 959. The maximum atomic E-state index is 5.65. The molecule has 0 radical (unpaired) electrons. The van der Waals surface area contributed by atoms with E-state index in [1.54, 1.807) is 17.5 Å². The number of nitrogens with zero attached hydrogens (tertiary/aromatic N) is 5. The third kappa shape index (κ3) is 3.13. The summed E-state index contributed by atoms with van der Waals surface area (Å²) in [5.41, 5.74) is 1.89. The van der Waals surface area contributed by atoms with E-state index in [-0.39, 0.29) is 6.04 Å². The molecule has 5 heterocycles. The van der Waals surface area contributed by atoms with Crippen LogP contribution < -0.4 is 9.80 Å². The smallest absolute Gasteiger partial charge is 0.158 e. The zero-order valence-corrected chi connectivity index (χ0v) is 16.9. The monoisotopic (exact) mass is 400 g/mol. The van der Waals surface area contributed by atoms with Gasteiger partial charge in [0, 0.05) is 25.4 Å². The molecule has 0 aromatic carbocycles. The summed E-state index contributed by atoms with van der Waals surface area (Å²) >= 11 is 1.68. The summed E-state index contributed by atoms with van der Waals surface area (Å²) in [6.07, 6.45) is 1.76. The number of fused-ring (bicyclic) bond motifs is 1. The van der Waals surface area contributed by atoms with Crippen molar-refractivity contribution in [1.29, 1.82) is 0 Å². The second-order valence-corrected chi connectivity index (χ2v) is 8.41. The number of morpholine rings is 2. The zero-order chi connectivity index (χ0) is 19.1. The molecule has 1 N–H and O–H groups in total. The third-order valence-electron chi connectivity index (χ3n) is 5.38. The summed E-state index contributed by atoms with van der Waals surface area (Å²) in [5.74, 6) is 1.95. The standard InChI is InChI=1S/C19H24N6O2S/c1-12-10-26-7-5-24(12)16-9-15-17(22-19(28-15)14-3-4-20-23-14)18(21-16)25-6-8-27-11-13(25)2/h3-4,9,12-13H,5-8,10-11H2,1-2H3,(H,20,23)/t12-,13+/m0/s1. The van der Waals surface area contributed by atoms with Crippen LogP contribution in [0.1, 0.15) is 13.8 Å². The van der Waals surface area contributed by atoms with Gasteiger partial charge >= 0.3 is 0 Å². The molecule has 3 aromatic rings. The van der Waals surface area contributed by atoms with Gasteiger partial charge in [0.2, 0.25) is 0 Å². The minimum absolute atomic E-state index is 0.263. The molecule has 28 heavy (non-hydrogen) atoms. The SMILES string of the molecule is C[C@@H]1COCCN1c1nc(N2CCOC[C@@H]2C)cc2sc(-c3ccn[nH]3)nc12. The molecule has 0 bridgehead atoms. The number of thiazole rings is 1. The number of anilines is 2. The average molecular weight is 401 g/mol. The zero-order valence-electron chi connectivity index (χ0n) is 16.1. The lowest BCUT2D eigenvalue weighted by Gasteiger charge is -2.37. The molecule has 0 aliphatic carbocycles. The van der Waals surface area contributed by atoms with E-state index >= 15 is 0 Å². The molecule has 5 rings (SSSR count). The van der Waals surface area contributed by atoms with Crippen LogP contribution in [0.25, 0.3) is 20.9 Å². The second kappa shape index (κ2) is 7.31. The minimum Gasteiger partial charge on any atom is -0.377 e. The number of hydrogen-bond donors (Lipinski definition) is 1. The first-order chi connectivity index (χ1) is 13.7. The molecule has 2 saturated heterocycles. The minimum atomic E-state index is 0.263. The van der Waals surface area contributed by atoms with Crippen LogP contribution in [0.4, 0.5) is 11.6 Å². The predicted octanol–water partition coefficient (Wildman–Crippen LogP) is 2.53. The van der Waals surface area contributed by atoms with Gasteiger partial charge < -0.3 is 19.3 Å². The van der Waals surface area contributed by atoms with E-state index in [1.165, 1.54) is 0 Å². The normalized spacial score (nSPS) is 23.5. The van der Waals surface area contributed by atoms with E-state index in [1.807, 2.05) is 6.07 Å². The first-order valence-electron chi connectivity index (χ1n) is 9.71. The molecule has 9 heteroatoms. The summed E-state index contributed by atoms with van der Waals surface area (Å²) < 4.78 is 12.4. The van der Waals surface area contributed by atoms with Crippen LogP contribution >= 0.6 is 11.3 Å². The van der Waals surface area contributed by atoms with Gasteiger partial charge in [0.1, 0.15) is 16.3 Å². The largest absolute Gasteiger partial charge is 0.377 e. The van der Waals surface area contributed by atoms with Crippen LogP contribution in [-0.2, 0) is 9.47 Å². The number of rotatable bonds is 3. The van der Waals surface area contributed by atoms with Gasteiger partial charge in [-0.3, -0.25) is 5.10 Å². The Balaban J connectivity index is 1.65. The highest BCUT2D eigenvalue weighted by Crippen LogP contribution is 2.37. The molecule has 2 aliphatic rings. The lowest BCUT2D eigenvalue weighted by Crippen LogP contribution is -2.46. The number of aromatic amines is 1. The number of hydrogen-bond acceptors (Lipinski definition) is 8. The Kier molecular flexibility index (Phi) is 4.65. The van der Waals surface area contributed by atoms with Crippen LogP contribution in [0.2, 0.25) is 0 Å². The van der Waals surface area contributed by atoms with Gasteiger partial charge in [-0.2, -0.15) is 5.10 Å². The van der Waals surface area contributed by atoms with Crippen LogP contribution in [0.15, 0.2) is 18.3 Å². The van der Waals surface area contributed by atoms with E-state index < -0.39 is 0 Å². The van der Waals surface area contributed by atoms with Gasteiger partial charge in [0.15, 0.2) is 5.82 Å². The van der Waals surface area contributed by atoms with Crippen molar-refractivity contribution in [3.63, 3.8) is 0 Å². The molecule has 3 aromatic heterocycles. The van der Waals surface area contributed by atoms with Gasteiger partial charge in [-0.05, 0) is 19.9 Å². The fraction of sp³-hybridized carbons (Fsp3) is 0.526. The molecule has 0 unspecified atom stereocenters. The molecule has 148 valence electrons. The van der Waals surface area contributed by atoms with Crippen LogP contribution in [0, 0.1) is 0 Å². The second-order valence-electron chi connectivity index (χ2n) is 7.37. The van der Waals surface area contributed by atoms with Crippen LogP contribution in [0.3, 0.4) is 0 Å². The lowest BCUT2D eigenvalue weighted by molar-refractivity contribution is 0.0976. The molecule has 2 aliphatic heterocycles. The van der Waals surface area contributed by atoms with Crippen molar-refractivity contribution in [2.45, 2.75) is 25.9 Å². The van der Waals surface area contributed by atoms with Gasteiger partial charge in [-0.25, -0.2) is 9.97 Å². The molecule has 0 amide bonds. The Morgan fingerprint density at radius 3 is 2.50 bits per heavy atom. The van der Waals surface area contributed by atoms with Crippen molar-refractivity contribution >= 4 is 33.2 Å². The summed E-state index contributed by atoms with van der Waals surface area (Å²) in [7, 11) is 0. The van der Waals surface area contributed by atoms with Gasteiger partial charge in [0.05, 0.1) is 48.9 Å². The van der Waals surface area contributed by atoms with Crippen molar-refractivity contribution in [2.24, 2.45) is 0 Å². The number of ether oxygens (including phenoxy) is 2. The Morgan fingerprint density at radius 2 is 1.82 bits per heavy atom. The van der Waals surface area contributed by atoms with Crippen molar-refractivity contribution < 1.29 is 9.47 Å². The van der Waals surface area contributed by atoms with E-state index in [2.05, 4.69) is 39.9 Å². The average Bonchev–Trinajstić information content (AvgIpc) is 3.37. The number of aromatic nitrogens is 4. The molecular formula is C19H24N6O2S. The third-order valence-corrected chi connectivity index (χ3v) is 6.41. The Hall–Kier alpha value is -2.23. The lowest BCUT2D eigenvalue weighted by atomic mass is 10.2. The summed E-state index contributed by atoms with van der Waals surface area (Å²) in [5, 5.41) is 8.03. The van der Waals surface area contributed by atoms with Crippen LogP contribution in [-0.4, -0.2) is 71.8 Å². The number of pyridine rings is 1. The van der Waals surface area contributed by atoms with Gasteiger partial charge in [-0.1, -0.05) is 0 Å². The fourth-order valence-electron chi connectivity index (χ4n) is 3.85. The highest BCUT2D eigenvalue weighted by Gasteiger charge is 2.27. The van der Waals surface area contributed by atoms with Gasteiger partial charge in [0.25, 0.3) is 0 Å². The molecular weight excluding hydrogens is 376 g/mol. The van der Waals surface area contributed by atoms with E-state index in [0.717, 1.165) is 58.9 Å². The quantitative estimate of drug-likeness (QED) is 0.724.